The summed E-state index contributed by atoms with van der Waals surface area (Å²) in [6.45, 7) is 7.60. The molecule has 8 aromatic rings. The molecule has 344 valence electrons. The average molecular weight is 1060 g/mol. The van der Waals surface area contributed by atoms with E-state index in [0.29, 0.717) is 34.0 Å². The van der Waals surface area contributed by atoms with Crippen molar-refractivity contribution in [3.8, 4) is 22.8 Å². The number of hydrogen-bond donors (Lipinski definition) is 2. The SMILES string of the molecule is Cc1c(-c2ccccn2)nc2cc(F)cc(F)c2c1Cl.Cc1c(-c2ccccn2)nc2cc(F)cc(F)c2c1Nc1cc(Br)cnc1N1CCCCC1.Nc1cc(Br)cnc1N1CCCCC1. The zero-order chi connectivity index (χ0) is 47.2. The molecule has 2 aromatic carbocycles. The van der Waals surface area contributed by atoms with Crippen LogP contribution in [-0.2, 0) is 0 Å². The normalized spacial score (nSPS) is 13.7. The first-order valence-electron chi connectivity index (χ1n) is 21.8. The minimum absolute atomic E-state index is 0.130. The van der Waals surface area contributed by atoms with E-state index in [0.717, 1.165) is 94.7 Å². The lowest BCUT2D eigenvalue weighted by molar-refractivity contribution is 0.574. The van der Waals surface area contributed by atoms with Crippen LogP contribution in [0.3, 0.4) is 0 Å². The lowest BCUT2D eigenvalue weighted by atomic mass is 10.0. The summed E-state index contributed by atoms with van der Waals surface area (Å²) in [4.78, 5) is 31.0. The van der Waals surface area contributed by atoms with Crippen LogP contribution in [0, 0.1) is 37.1 Å². The number of piperidine rings is 2. The summed E-state index contributed by atoms with van der Waals surface area (Å²) in [7, 11) is 0. The maximum atomic E-state index is 15.1. The lowest BCUT2D eigenvalue weighted by Gasteiger charge is -2.30. The van der Waals surface area contributed by atoms with Gasteiger partial charge in [0.2, 0.25) is 0 Å². The van der Waals surface area contributed by atoms with Gasteiger partial charge in [-0.15, -0.1) is 0 Å². The van der Waals surface area contributed by atoms with Crippen molar-refractivity contribution in [2.75, 3.05) is 47.0 Å². The molecule has 10 rings (SSSR count). The van der Waals surface area contributed by atoms with Gasteiger partial charge in [-0.25, -0.2) is 37.5 Å². The smallest absolute Gasteiger partial charge is 0.152 e. The van der Waals surface area contributed by atoms with Crippen LogP contribution < -0.4 is 20.9 Å². The second-order valence-electron chi connectivity index (χ2n) is 16.2. The highest BCUT2D eigenvalue weighted by Gasteiger charge is 2.23. The molecule has 0 aliphatic carbocycles. The zero-order valence-corrected chi connectivity index (χ0v) is 40.5. The van der Waals surface area contributed by atoms with Crippen molar-refractivity contribution < 1.29 is 17.6 Å². The molecule has 0 atom stereocenters. The number of rotatable bonds is 6. The van der Waals surface area contributed by atoms with Crippen LogP contribution in [0.5, 0.6) is 0 Å². The summed E-state index contributed by atoms with van der Waals surface area (Å²) < 4.78 is 58.1. The number of aromatic nitrogens is 6. The number of nitrogen functional groups attached to an aromatic ring is 1. The van der Waals surface area contributed by atoms with Crippen LogP contribution in [-0.4, -0.2) is 56.1 Å². The number of nitrogens with zero attached hydrogens (tertiary/aromatic N) is 8. The van der Waals surface area contributed by atoms with E-state index in [4.69, 9.17) is 17.3 Å². The Bertz CT molecular complexity index is 3050. The van der Waals surface area contributed by atoms with Crippen molar-refractivity contribution in [1.82, 2.24) is 29.9 Å². The van der Waals surface area contributed by atoms with Gasteiger partial charge in [0.25, 0.3) is 0 Å². The molecule has 3 N–H and O–H groups in total. The van der Waals surface area contributed by atoms with Crippen LogP contribution in [0.4, 0.5) is 46.3 Å². The van der Waals surface area contributed by atoms with Crippen molar-refractivity contribution in [1.29, 1.82) is 0 Å². The Labute approximate surface area is 407 Å². The van der Waals surface area contributed by atoms with Crippen LogP contribution in [0.15, 0.2) is 107 Å². The van der Waals surface area contributed by atoms with Gasteiger partial charge in [-0.05, 0) is 126 Å². The van der Waals surface area contributed by atoms with Gasteiger partial charge in [0.05, 0.1) is 66.7 Å². The molecule has 2 saturated heterocycles. The molecule has 0 saturated carbocycles. The Morgan fingerprint density at radius 3 is 1.63 bits per heavy atom. The Hall–Kier alpha value is -5.97. The van der Waals surface area contributed by atoms with Gasteiger partial charge in [-0.1, -0.05) is 23.7 Å². The fourth-order valence-corrected chi connectivity index (χ4v) is 9.22. The molecule has 0 spiro atoms. The van der Waals surface area contributed by atoms with Gasteiger partial charge in [0.1, 0.15) is 23.3 Å². The summed E-state index contributed by atoms with van der Waals surface area (Å²) in [6, 6.07) is 18.8. The number of nitrogens with one attached hydrogen (secondary N) is 1. The molecule has 0 amide bonds. The van der Waals surface area contributed by atoms with Crippen molar-refractivity contribution >= 4 is 94.0 Å². The van der Waals surface area contributed by atoms with Gasteiger partial charge < -0.3 is 20.9 Å². The predicted octanol–water partition coefficient (Wildman–Crippen LogP) is 13.7. The zero-order valence-electron chi connectivity index (χ0n) is 36.6. The number of hydrogen-bond acceptors (Lipinski definition) is 10. The van der Waals surface area contributed by atoms with Crippen LogP contribution in [0.25, 0.3) is 44.6 Å². The highest BCUT2D eigenvalue weighted by atomic mass is 79.9. The van der Waals surface area contributed by atoms with E-state index in [9.17, 15) is 13.2 Å². The number of halogens is 7. The van der Waals surface area contributed by atoms with E-state index in [1.165, 1.54) is 31.7 Å². The quantitative estimate of drug-likeness (QED) is 0.156. The Morgan fingerprint density at radius 2 is 1.09 bits per heavy atom. The maximum Gasteiger partial charge on any atom is 0.152 e. The molecule has 67 heavy (non-hydrogen) atoms. The lowest BCUT2D eigenvalue weighted by Crippen LogP contribution is -2.30. The monoisotopic (exact) mass is 1050 g/mol. The molecule has 8 heterocycles. The third-order valence-corrected chi connectivity index (χ3v) is 12.8. The molecule has 6 aromatic heterocycles. The molecule has 17 heteroatoms. The second kappa shape index (κ2) is 21.3. The van der Waals surface area contributed by atoms with Crippen molar-refractivity contribution in [2.45, 2.75) is 52.4 Å². The van der Waals surface area contributed by atoms with E-state index in [-0.39, 0.29) is 26.8 Å². The Morgan fingerprint density at radius 1 is 0.597 bits per heavy atom. The average Bonchev–Trinajstić information content (AvgIpc) is 3.32. The van der Waals surface area contributed by atoms with E-state index < -0.39 is 23.3 Å². The third kappa shape index (κ3) is 10.9. The molecule has 2 aliphatic heterocycles. The Balaban J connectivity index is 0.000000151. The van der Waals surface area contributed by atoms with Crippen LogP contribution >= 0.6 is 43.5 Å². The molecule has 0 unspecified atom stereocenters. The summed E-state index contributed by atoms with van der Waals surface area (Å²) in [5.41, 5.74) is 12.0. The van der Waals surface area contributed by atoms with Crippen LogP contribution in [0.2, 0.25) is 5.02 Å². The van der Waals surface area contributed by atoms with Crippen LogP contribution in [0.1, 0.15) is 49.7 Å². The van der Waals surface area contributed by atoms with Gasteiger partial charge >= 0.3 is 0 Å². The molecule has 2 aliphatic rings. The molecular weight excluding hydrogens is 1010 g/mol. The highest BCUT2D eigenvalue weighted by Crippen LogP contribution is 2.40. The van der Waals surface area contributed by atoms with E-state index in [1.54, 1.807) is 43.8 Å². The van der Waals surface area contributed by atoms with Gasteiger partial charge in [0.15, 0.2) is 11.6 Å². The van der Waals surface area contributed by atoms with Gasteiger partial charge in [0, 0.05) is 89.7 Å². The number of anilines is 5. The maximum absolute atomic E-state index is 15.1. The molecule has 2 fully saturated rings. The molecule has 10 nitrogen and oxygen atoms in total. The minimum atomic E-state index is -0.715. The molecule has 0 bridgehead atoms. The van der Waals surface area contributed by atoms with Gasteiger partial charge in [-0.2, -0.15) is 0 Å². The largest absolute Gasteiger partial charge is 0.396 e. The van der Waals surface area contributed by atoms with Crippen molar-refractivity contribution in [3.05, 3.63) is 146 Å². The minimum Gasteiger partial charge on any atom is -0.396 e. The number of pyridine rings is 6. The topological polar surface area (TPSA) is 122 Å². The first-order chi connectivity index (χ1) is 32.4. The van der Waals surface area contributed by atoms with E-state index in [2.05, 4.69) is 76.9 Å². The van der Waals surface area contributed by atoms with E-state index >= 15 is 4.39 Å². The first kappa shape index (κ1) is 47.5. The molecule has 0 radical (unpaired) electrons. The van der Waals surface area contributed by atoms with Crippen molar-refractivity contribution in [2.24, 2.45) is 0 Å². The predicted molar refractivity (Wildman–Crippen MR) is 268 cm³/mol. The number of benzene rings is 2. The number of nitrogens with two attached hydrogens (primary N) is 1. The first-order valence-corrected chi connectivity index (χ1v) is 23.7. The highest BCUT2D eigenvalue weighted by molar-refractivity contribution is 9.10. The van der Waals surface area contributed by atoms with Crippen molar-refractivity contribution in [3.63, 3.8) is 0 Å². The molecular formula is C50H45Br2ClF4N10. The summed E-state index contributed by atoms with van der Waals surface area (Å²) >= 11 is 13.1. The fourth-order valence-electron chi connectivity index (χ4n) is 8.26. The summed E-state index contributed by atoms with van der Waals surface area (Å²) in [5.74, 6) is -0.995. The second-order valence-corrected chi connectivity index (χ2v) is 18.4. The van der Waals surface area contributed by atoms with E-state index in [1.807, 2.05) is 43.3 Å². The van der Waals surface area contributed by atoms with Gasteiger partial charge in [-0.3, -0.25) is 9.97 Å². The summed E-state index contributed by atoms with van der Waals surface area (Å²) in [6.07, 6.45) is 14.1. The standard InChI is InChI=1S/C25H22BrF2N5.C15H9ClF2N2.C10H14BrN3/c1-15-23(19-7-3-4-8-29-19)31-20-13-17(27)12-18(28)22(20)24(15)32-21-11-16(26)14-30-25(21)33-9-5-2-6-10-33;1-8-14(16)13-10(18)6-9(17)7-12(13)20-15(8)11-4-2-3-5-19-11;11-8-6-9(12)10(13-7-8)14-4-2-1-3-5-14/h3-4,7-8,11-14H,2,5-6,9-10H2,1H3,(H,31,32);2-7H,1H3;6-7H,1-5,12H2. The fraction of sp³-hybridized carbons (Fsp3) is 0.240. The summed E-state index contributed by atoms with van der Waals surface area (Å²) in [5, 5.41) is 4.02. The number of fused-ring (bicyclic) bond motifs is 2. The Kier molecular flexibility index (Phi) is 15.1. The third-order valence-electron chi connectivity index (χ3n) is 11.5.